The largest absolute Gasteiger partial charge is 0.494 e. The van der Waals surface area contributed by atoms with Crippen LogP contribution in [0.1, 0.15) is 49.7 Å². The van der Waals surface area contributed by atoms with Gasteiger partial charge in [0.05, 0.1) is 11.8 Å². The highest BCUT2D eigenvalue weighted by Gasteiger charge is 2.18. The Morgan fingerprint density at radius 1 is 1.00 bits per heavy atom. The molecule has 0 aliphatic heterocycles. The molecule has 4 aromatic rings. The Labute approximate surface area is 186 Å². The lowest BCUT2D eigenvalue weighted by molar-refractivity contribution is 0.0995. The summed E-state index contributed by atoms with van der Waals surface area (Å²) < 4.78 is 12.2. The van der Waals surface area contributed by atoms with Crippen LogP contribution in [0.25, 0.3) is 10.2 Å². The Balaban J connectivity index is 1.55. The number of nitrogens with one attached hydrogen (secondary N) is 1. The maximum Gasteiger partial charge on any atom is 0.293 e. The molecule has 0 unspecified atom stereocenters. The molecule has 1 amide bonds. The standard InChI is InChI=1S/C25H26N2O3S/c1-13-14(2)16(4)19(17(5)15(13)3)12-18-10-11-21(30-18)24(28)27-25-26-23-20(29-6)8-7-9-22(23)31-25/h7-11H,12H2,1-6H3,(H,26,27,28). The van der Waals surface area contributed by atoms with Gasteiger partial charge in [-0.1, -0.05) is 17.4 Å². The molecule has 2 heterocycles. The van der Waals surface area contributed by atoms with Gasteiger partial charge < -0.3 is 9.15 Å². The minimum absolute atomic E-state index is 0.275. The van der Waals surface area contributed by atoms with Crippen molar-refractivity contribution in [3.8, 4) is 5.75 Å². The summed E-state index contributed by atoms with van der Waals surface area (Å²) in [4.78, 5) is 17.2. The van der Waals surface area contributed by atoms with E-state index in [-0.39, 0.29) is 11.7 Å². The summed E-state index contributed by atoms with van der Waals surface area (Å²) in [5, 5.41) is 3.36. The monoisotopic (exact) mass is 434 g/mol. The first-order chi connectivity index (χ1) is 14.8. The molecule has 0 saturated carbocycles. The average molecular weight is 435 g/mol. The number of amides is 1. The molecule has 2 aromatic heterocycles. The van der Waals surface area contributed by atoms with Gasteiger partial charge in [-0.15, -0.1) is 0 Å². The minimum atomic E-state index is -0.311. The Hall–Kier alpha value is -3.12. The van der Waals surface area contributed by atoms with E-state index in [2.05, 4.69) is 44.9 Å². The fraction of sp³-hybridized carbons (Fsp3) is 0.280. The van der Waals surface area contributed by atoms with E-state index >= 15 is 0 Å². The van der Waals surface area contributed by atoms with Gasteiger partial charge in [-0.05, 0) is 92.3 Å². The number of carbonyl (C=O) groups excluding carboxylic acids is 1. The lowest BCUT2D eigenvalue weighted by atomic mass is 9.88. The van der Waals surface area contributed by atoms with Gasteiger partial charge in [-0.2, -0.15) is 0 Å². The van der Waals surface area contributed by atoms with Gasteiger partial charge in [0.2, 0.25) is 0 Å². The maximum atomic E-state index is 12.7. The topological polar surface area (TPSA) is 64.4 Å². The van der Waals surface area contributed by atoms with Crippen LogP contribution in [0.2, 0.25) is 0 Å². The second-order valence-corrected chi connectivity index (χ2v) is 8.86. The Bertz CT molecular complexity index is 1270. The Morgan fingerprint density at radius 2 is 1.68 bits per heavy atom. The number of fused-ring (bicyclic) bond motifs is 1. The molecule has 6 heteroatoms. The average Bonchev–Trinajstić information content (AvgIpc) is 3.40. The van der Waals surface area contributed by atoms with Crippen molar-refractivity contribution in [1.29, 1.82) is 0 Å². The molecule has 0 atom stereocenters. The molecule has 0 aliphatic rings. The summed E-state index contributed by atoms with van der Waals surface area (Å²) in [5.41, 5.74) is 8.54. The van der Waals surface area contributed by atoms with Crippen LogP contribution in [0.4, 0.5) is 5.13 Å². The number of carbonyl (C=O) groups is 1. The normalized spacial score (nSPS) is 11.2. The number of rotatable bonds is 5. The predicted octanol–water partition coefficient (Wildman–Crippen LogP) is 6.28. The molecule has 5 nitrogen and oxygen atoms in total. The highest BCUT2D eigenvalue weighted by molar-refractivity contribution is 7.22. The molecule has 160 valence electrons. The summed E-state index contributed by atoms with van der Waals surface area (Å²) in [6.07, 6.45) is 0.658. The summed E-state index contributed by atoms with van der Waals surface area (Å²) in [6, 6.07) is 9.30. The molecule has 4 rings (SSSR count). The smallest absolute Gasteiger partial charge is 0.293 e. The first-order valence-corrected chi connectivity index (χ1v) is 11.0. The Kier molecular flexibility index (Phi) is 5.58. The second kappa shape index (κ2) is 8.19. The maximum absolute atomic E-state index is 12.7. The van der Waals surface area contributed by atoms with Crippen molar-refractivity contribution < 1.29 is 13.9 Å². The van der Waals surface area contributed by atoms with E-state index in [1.54, 1.807) is 13.2 Å². The molecule has 31 heavy (non-hydrogen) atoms. The van der Waals surface area contributed by atoms with Crippen LogP contribution >= 0.6 is 11.3 Å². The van der Waals surface area contributed by atoms with Crippen LogP contribution in [0.15, 0.2) is 34.7 Å². The van der Waals surface area contributed by atoms with Gasteiger partial charge in [0.15, 0.2) is 10.9 Å². The molecule has 1 N–H and O–H groups in total. The lowest BCUT2D eigenvalue weighted by Crippen LogP contribution is -2.10. The number of nitrogens with zero attached hydrogens (tertiary/aromatic N) is 1. The van der Waals surface area contributed by atoms with Crippen molar-refractivity contribution in [2.24, 2.45) is 0 Å². The van der Waals surface area contributed by atoms with Gasteiger partial charge in [-0.3, -0.25) is 10.1 Å². The zero-order valence-corrected chi connectivity index (χ0v) is 19.5. The number of ether oxygens (including phenoxy) is 1. The van der Waals surface area contributed by atoms with E-state index in [0.717, 1.165) is 16.0 Å². The number of aromatic nitrogens is 1. The number of furan rings is 1. The van der Waals surface area contributed by atoms with Crippen molar-refractivity contribution in [2.45, 2.75) is 41.0 Å². The van der Waals surface area contributed by atoms with Crippen LogP contribution in [0.5, 0.6) is 5.75 Å². The summed E-state index contributed by atoms with van der Waals surface area (Å²) in [6.45, 7) is 10.8. The molecule has 0 fully saturated rings. The van der Waals surface area contributed by atoms with Crippen LogP contribution in [0, 0.1) is 34.6 Å². The molecule has 0 aliphatic carbocycles. The molecule has 2 aromatic carbocycles. The van der Waals surface area contributed by atoms with Gasteiger partial charge >= 0.3 is 0 Å². The number of methoxy groups -OCH3 is 1. The van der Waals surface area contributed by atoms with Crippen molar-refractivity contribution in [1.82, 2.24) is 4.98 Å². The van der Waals surface area contributed by atoms with Crippen LogP contribution in [-0.4, -0.2) is 18.0 Å². The number of benzene rings is 2. The van der Waals surface area contributed by atoms with E-state index in [1.165, 1.54) is 44.7 Å². The summed E-state index contributed by atoms with van der Waals surface area (Å²) in [7, 11) is 1.61. The number of hydrogen-bond donors (Lipinski definition) is 1. The highest BCUT2D eigenvalue weighted by atomic mass is 32.1. The first kappa shape index (κ1) is 21.1. The number of para-hydroxylation sites is 1. The van der Waals surface area contributed by atoms with E-state index in [4.69, 9.17) is 9.15 Å². The SMILES string of the molecule is COc1cccc2sc(NC(=O)c3ccc(Cc4c(C)c(C)c(C)c(C)c4C)o3)nc12. The third-order valence-electron chi connectivity index (χ3n) is 6.21. The van der Waals surface area contributed by atoms with Crippen molar-refractivity contribution in [3.63, 3.8) is 0 Å². The third-order valence-corrected chi connectivity index (χ3v) is 7.15. The fourth-order valence-electron chi connectivity index (χ4n) is 3.91. The molecule has 0 radical (unpaired) electrons. The zero-order chi connectivity index (χ0) is 22.3. The lowest BCUT2D eigenvalue weighted by Gasteiger charge is -2.18. The van der Waals surface area contributed by atoms with E-state index in [1.807, 2.05) is 24.3 Å². The van der Waals surface area contributed by atoms with E-state index in [0.29, 0.717) is 17.3 Å². The van der Waals surface area contributed by atoms with Crippen LogP contribution < -0.4 is 10.1 Å². The zero-order valence-electron chi connectivity index (χ0n) is 18.7. The van der Waals surface area contributed by atoms with Crippen LogP contribution in [0.3, 0.4) is 0 Å². The molecular weight excluding hydrogens is 408 g/mol. The number of thiazole rings is 1. The molecule has 0 spiro atoms. The van der Waals surface area contributed by atoms with E-state index in [9.17, 15) is 4.79 Å². The second-order valence-electron chi connectivity index (χ2n) is 7.83. The molecule has 0 saturated heterocycles. The fourth-order valence-corrected chi connectivity index (χ4v) is 4.79. The molecular formula is C25H26N2O3S. The van der Waals surface area contributed by atoms with E-state index < -0.39 is 0 Å². The minimum Gasteiger partial charge on any atom is -0.494 e. The summed E-state index contributed by atoms with van der Waals surface area (Å²) >= 11 is 1.40. The number of anilines is 1. The number of hydrogen-bond acceptors (Lipinski definition) is 5. The predicted molar refractivity (Wildman–Crippen MR) is 126 cm³/mol. The van der Waals surface area contributed by atoms with Gasteiger partial charge in [0, 0.05) is 6.42 Å². The third kappa shape index (κ3) is 3.83. The first-order valence-electron chi connectivity index (χ1n) is 10.2. The summed E-state index contributed by atoms with van der Waals surface area (Å²) in [5.74, 6) is 1.42. The Morgan fingerprint density at radius 3 is 2.35 bits per heavy atom. The molecule has 0 bridgehead atoms. The van der Waals surface area contributed by atoms with Gasteiger partial charge in [-0.25, -0.2) is 4.98 Å². The quantitative estimate of drug-likeness (QED) is 0.401. The van der Waals surface area contributed by atoms with Crippen molar-refractivity contribution in [3.05, 3.63) is 75.2 Å². The van der Waals surface area contributed by atoms with Crippen molar-refractivity contribution >= 4 is 32.6 Å². The van der Waals surface area contributed by atoms with Gasteiger partial charge in [0.1, 0.15) is 17.0 Å². The van der Waals surface area contributed by atoms with Gasteiger partial charge in [0.25, 0.3) is 5.91 Å². The highest BCUT2D eigenvalue weighted by Crippen LogP contribution is 2.32. The van der Waals surface area contributed by atoms with Crippen molar-refractivity contribution in [2.75, 3.05) is 12.4 Å². The van der Waals surface area contributed by atoms with Crippen LogP contribution in [-0.2, 0) is 6.42 Å².